The summed E-state index contributed by atoms with van der Waals surface area (Å²) in [5.74, 6) is 0.599. The number of amides is 1. The van der Waals surface area contributed by atoms with E-state index in [4.69, 9.17) is 4.98 Å². The number of thioether (sulfide) groups is 1. The molecule has 5 rings (SSSR count). The highest BCUT2D eigenvalue weighted by molar-refractivity contribution is 7.99. The van der Waals surface area contributed by atoms with Gasteiger partial charge in [-0.2, -0.15) is 5.10 Å². The Morgan fingerprint density at radius 2 is 1.79 bits per heavy atom. The van der Waals surface area contributed by atoms with Crippen molar-refractivity contribution < 1.29 is 4.79 Å². The SMILES string of the molecule is Cc1cc(NC(=O)CSc2nc3ccccc3c(=O)n2C2CCCCC2)n(-c2ccccc2)n1. The summed E-state index contributed by atoms with van der Waals surface area (Å²) in [5.41, 5.74) is 2.34. The molecule has 34 heavy (non-hydrogen) atoms. The minimum atomic E-state index is -0.167. The fraction of sp³-hybridized carbons (Fsp3) is 0.308. The van der Waals surface area contributed by atoms with E-state index in [0.717, 1.165) is 37.1 Å². The van der Waals surface area contributed by atoms with E-state index in [1.807, 2.05) is 72.2 Å². The average Bonchev–Trinajstić information content (AvgIpc) is 3.23. The van der Waals surface area contributed by atoms with Crippen molar-refractivity contribution in [1.82, 2.24) is 19.3 Å². The number of nitrogens with one attached hydrogen (secondary N) is 1. The van der Waals surface area contributed by atoms with Crippen molar-refractivity contribution in [2.24, 2.45) is 0 Å². The third-order valence-corrected chi connectivity index (χ3v) is 7.10. The van der Waals surface area contributed by atoms with E-state index in [2.05, 4.69) is 10.4 Å². The van der Waals surface area contributed by atoms with Gasteiger partial charge in [0.1, 0.15) is 5.82 Å². The van der Waals surface area contributed by atoms with Gasteiger partial charge in [-0.3, -0.25) is 14.2 Å². The summed E-state index contributed by atoms with van der Waals surface area (Å²) in [6.45, 7) is 1.89. The molecule has 1 saturated carbocycles. The molecule has 0 saturated heterocycles. The van der Waals surface area contributed by atoms with E-state index < -0.39 is 0 Å². The van der Waals surface area contributed by atoms with Crippen LogP contribution in [0.2, 0.25) is 0 Å². The zero-order valence-corrected chi connectivity index (χ0v) is 19.9. The van der Waals surface area contributed by atoms with Crippen molar-refractivity contribution >= 4 is 34.4 Å². The summed E-state index contributed by atoms with van der Waals surface area (Å²) in [6.07, 6.45) is 5.35. The van der Waals surface area contributed by atoms with Crippen LogP contribution >= 0.6 is 11.8 Å². The maximum Gasteiger partial charge on any atom is 0.262 e. The lowest BCUT2D eigenvalue weighted by Crippen LogP contribution is -2.29. The van der Waals surface area contributed by atoms with Crippen LogP contribution in [-0.2, 0) is 4.79 Å². The quantitative estimate of drug-likeness (QED) is 0.310. The van der Waals surface area contributed by atoms with Crippen molar-refractivity contribution in [3.05, 3.63) is 76.7 Å². The molecule has 1 amide bonds. The minimum Gasteiger partial charge on any atom is -0.310 e. The van der Waals surface area contributed by atoms with Gasteiger partial charge in [0.25, 0.3) is 5.56 Å². The van der Waals surface area contributed by atoms with Crippen molar-refractivity contribution in [3.8, 4) is 5.69 Å². The Morgan fingerprint density at radius 1 is 1.06 bits per heavy atom. The average molecular weight is 474 g/mol. The molecule has 4 aromatic rings. The fourth-order valence-corrected chi connectivity index (χ4v) is 5.42. The lowest BCUT2D eigenvalue weighted by atomic mass is 9.95. The standard InChI is InChI=1S/C26H27N5O2S/c1-18-16-23(31(29-18)20-12-6-3-7-13-20)28-24(32)17-34-26-27-22-15-9-8-14-21(22)25(33)30(26)19-10-4-2-5-11-19/h3,6-9,12-16,19H,2,4-5,10-11,17H2,1H3,(H,28,32). The second-order valence-corrected chi connectivity index (χ2v) is 9.58. The predicted molar refractivity (Wildman–Crippen MR) is 136 cm³/mol. The zero-order valence-electron chi connectivity index (χ0n) is 19.1. The van der Waals surface area contributed by atoms with Gasteiger partial charge in [0.15, 0.2) is 5.16 Å². The lowest BCUT2D eigenvalue weighted by Gasteiger charge is -2.26. The molecule has 7 nitrogen and oxygen atoms in total. The number of fused-ring (bicyclic) bond motifs is 1. The van der Waals surface area contributed by atoms with Gasteiger partial charge in [-0.05, 0) is 44.0 Å². The number of aromatic nitrogens is 4. The van der Waals surface area contributed by atoms with Gasteiger partial charge in [-0.15, -0.1) is 0 Å². The normalized spacial score (nSPS) is 14.4. The highest BCUT2D eigenvalue weighted by atomic mass is 32.2. The summed E-state index contributed by atoms with van der Waals surface area (Å²) in [4.78, 5) is 31.1. The molecular weight excluding hydrogens is 446 g/mol. The summed E-state index contributed by atoms with van der Waals surface area (Å²) in [6, 6.07) is 19.1. The molecule has 1 fully saturated rings. The van der Waals surface area contributed by atoms with Crippen LogP contribution in [0.1, 0.15) is 43.8 Å². The maximum absolute atomic E-state index is 13.4. The first kappa shape index (κ1) is 22.4. The molecule has 1 aliphatic rings. The summed E-state index contributed by atoms with van der Waals surface area (Å²) in [7, 11) is 0. The van der Waals surface area contributed by atoms with Gasteiger partial charge in [-0.1, -0.05) is 61.4 Å². The first-order valence-corrected chi connectivity index (χ1v) is 12.6. The fourth-order valence-electron chi connectivity index (χ4n) is 4.55. The number of hydrogen-bond acceptors (Lipinski definition) is 5. The molecule has 0 bridgehead atoms. The Labute approximate surface area is 202 Å². The highest BCUT2D eigenvalue weighted by Crippen LogP contribution is 2.31. The topological polar surface area (TPSA) is 81.8 Å². The monoisotopic (exact) mass is 473 g/mol. The number of aryl methyl sites for hydroxylation is 1. The molecule has 0 aliphatic heterocycles. The third-order valence-electron chi connectivity index (χ3n) is 6.15. The van der Waals surface area contributed by atoms with Crippen molar-refractivity contribution in [2.45, 2.75) is 50.2 Å². The number of rotatable bonds is 6. The van der Waals surface area contributed by atoms with Crippen LogP contribution in [0.25, 0.3) is 16.6 Å². The molecule has 8 heteroatoms. The van der Waals surface area contributed by atoms with Crippen molar-refractivity contribution in [1.29, 1.82) is 0 Å². The molecule has 2 aromatic carbocycles. The zero-order chi connectivity index (χ0) is 23.5. The number of carbonyl (C=O) groups is 1. The molecule has 0 atom stereocenters. The second kappa shape index (κ2) is 9.85. The first-order chi connectivity index (χ1) is 16.6. The highest BCUT2D eigenvalue weighted by Gasteiger charge is 2.22. The summed E-state index contributed by atoms with van der Waals surface area (Å²) >= 11 is 1.32. The van der Waals surface area contributed by atoms with Crippen LogP contribution in [0.3, 0.4) is 0 Å². The molecule has 2 aromatic heterocycles. The number of anilines is 1. The molecule has 1 aliphatic carbocycles. The van der Waals surface area contributed by atoms with Crippen LogP contribution in [-0.4, -0.2) is 31.0 Å². The van der Waals surface area contributed by atoms with Gasteiger partial charge >= 0.3 is 0 Å². The van der Waals surface area contributed by atoms with E-state index in [1.165, 1.54) is 18.2 Å². The van der Waals surface area contributed by atoms with Gasteiger partial charge in [0, 0.05) is 12.1 Å². The van der Waals surface area contributed by atoms with Crippen LogP contribution in [0.4, 0.5) is 5.82 Å². The Morgan fingerprint density at radius 3 is 2.59 bits per heavy atom. The Balaban J connectivity index is 1.39. The number of benzene rings is 2. The van der Waals surface area contributed by atoms with E-state index in [0.29, 0.717) is 21.9 Å². The van der Waals surface area contributed by atoms with Gasteiger partial charge < -0.3 is 5.32 Å². The van der Waals surface area contributed by atoms with Crippen LogP contribution < -0.4 is 10.9 Å². The lowest BCUT2D eigenvalue weighted by molar-refractivity contribution is -0.113. The van der Waals surface area contributed by atoms with E-state index in [-0.39, 0.29) is 23.3 Å². The molecule has 0 radical (unpaired) electrons. The molecule has 2 heterocycles. The molecule has 174 valence electrons. The smallest absolute Gasteiger partial charge is 0.262 e. The number of para-hydroxylation sites is 2. The largest absolute Gasteiger partial charge is 0.310 e. The van der Waals surface area contributed by atoms with E-state index >= 15 is 0 Å². The van der Waals surface area contributed by atoms with Gasteiger partial charge in [-0.25, -0.2) is 9.67 Å². The Kier molecular flexibility index (Phi) is 6.49. The number of hydrogen-bond donors (Lipinski definition) is 1. The van der Waals surface area contributed by atoms with Crippen LogP contribution in [0, 0.1) is 6.92 Å². The molecule has 0 unspecified atom stereocenters. The van der Waals surface area contributed by atoms with Crippen LogP contribution in [0.5, 0.6) is 0 Å². The maximum atomic E-state index is 13.4. The molecular formula is C26H27N5O2S. The van der Waals surface area contributed by atoms with Crippen molar-refractivity contribution in [3.63, 3.8) is 0 Å². The van der Waals surface area contributed by atoms with Crippen molar-refractivity contribution in [2.75, 3.05) is 11.1 Å². The summed E-state index contributed by atoms with van der Waals surface area (Å²) < 4.78 is 3.56. The number of nitrogens with zero attached hydrogens (tertiary/aromatic N) is 4. The predicted octanol–water partition coefficient (Wildman–Crippen LogP) is 5.13. The Bertz CT molecular complexity index is 1370. The van der Waals surface area contributed by atoms with Gasteiger partial charge in [0.05, 0.1) is 28.0 Å². The molecule has 0 spiro atoms. The summed E-state index contributed by atoms with van der Waals surface area (Å²) in [5, 5.41) is 8.73. The molecule has 1 N–H and O–H groups in total. The van der Waals surface area contributed by atoms with Gasteiger partial charge in [0.2, 0.25) is 5.91 Å². The Hall–Kier alpha value is -3.39. The third kappa shape index (κ3) is 4.63. The number of carbonyl (C=O) groups excluding carboxylic acids is 1. The second-order valence-electron chi connectivity index (χ2n) is 8.63. The van der Waals surface area contributed by atoms with E-state index in [9.17, 15) is 9.59 Å². The van der Waals surface area contributed by atoms with E-state index in [1.54, 1.807) is 4.68 Å². The minimum absolute atomic E-state index is 0.0156. The van der Waals surface area contributed by atoms with Crippen LogP contribution in [0.15, 0.2) is 70.6 Å². The first-order valence-electron chi connectivity index (χ1n) is 11.7.